The Balaban J connectivity index is 2.77. The standard InChI is InChI=1S/C14H12Br3NO4/c1-3-21-13(19)11-6-5-7(15)9(16)10(17)8(6)12(18-11)14(20)22-4-2/h5,18H,3-4H2,1-2H3. The molecule has 1 aromatic carbocycles. The summed E-state index contributed by atoms with van der Waals surface area (Å²) < 4.78 is 12.2. The summed E-state index contributed by atoms with van der Waals surface area (Å²) in [7, 11) is 0. The van der Waals surface area contributed by atoms with Crippen molar-refractivity contribution >= 4 is 70.5 Å². The summed E-state index contributed by atoms with van der Waals surface area (Å²) >= 11 is 10.3. The monoisotopic (exact) mass is 495 g/mol. The van der Waals surface area contributed by atoms with Gasteiger partial charge in [0, 0.05) is 24.2 Å². The fourth-order valence-corrected chi connectivity index (χ4v) is 3.64. The number of carbonyl (C=O) groups is 2. The van der Waals surface area contributed by atoms with E-state index in [1.54, 1.807) is 19.9 Å². The van der Waals surface area contributed by atoms with Crippen LogP contribution in [0.25, 0.3) is 10.8 Å². The maximum Gasteiger partial charge on any atom is 0.355 e. The van der Waals surface area contributed by atoms with Crippen LogP contribution in [-0.4, -0.2) is 30.1 Å². The summed E-state index contributed by atoms with van der Waals surface area (Å²) in [5.74, 6) is -1.05. The summed E-state index contributed by atoms with van der Waals surface area (Å²) in [6.45, 7) is 3.92. The van der Waals surface area contributed by atoms with Crippen molar-refractivity contribution in [1.82, 2.24) is 4.98 Å². The van der Waals surface area contributed by atoms with E-state index in [0.717, 1.165) is 8.95 Å². The van der Waals surface area contributed by atoms with Gasteiger partial charge >= 0.3 is 11.9 Å². The Bertz CT molecular complexity index is 754. The minimum atomic E-state index is -0.530. The molecular formula is C14H12Br3NO4. The smallest absolute Gasteiger partial charge is 0.355 e. The summed E-state index contributed by atoms with van der Waals surface area (Å²) in [5.41, 5.74) is 0.425. The van der Waals surface area contributed by atoms with Crippen molar-refractivity contribution in [3.8, 4) is 0 Å². The third kappa shape index (κ3) is 3.09. The number of hydrogen-bond acceptors (Lipinski definition) is 4. The number of ether oxygens (including phenoxy) is 2. The largest absolute Gasteiger partial charge is 0.461 e. The third-order valence-corrected chi connectivity index (χ3v) is 6.20. The lowest BCUT2D eigenvalue weighted by Crippen LogP contribution is -2.08. The molecule has 0 fully saturated rings. The molecule has 0 radical (unpaired) electrons. The average Bonchev–Trinajstić information content (AvgIpc) is 2.85. The lowest BCUT2D eigenvalue weighted by Gasteiger charge is -2.05. The van der Waals surface area contributed by atoms with Crippen LogP contribution in [0.15, 0.2) is 19.5 Å². The van der Waals surface area contributed by atoms with E-state index < -0.39 is 11.9 Å². The van der Waals surface area contributed by atoms with E-state index in [1.807, 2.05) is 0 Å². The first-order valence-electron chi connectivity index (χ1n) is 6.45. The van der Waals surface area contributed by atoms with Crippen molar-refractivity contribution in [1.29, 1.82) is 0 Å². The van der Waals surface area contributed by atoms with Crippen molar-refractivity contribution in [3.63, 3.8) is 0 Å². The molecule has 2 aromatic rings. The van der Waals surface area contributed by atoms with E-state index in [9.17, 15) is 9.59 Å². The van der Waals surface area contributed by atoms with Crippen LogP contribution in [0.3, 0.4) is 0 Å². The van der Waals surface area contributed by atoms with Crippen molar-refractivity contribution in [2.24, 2.45) is 0 Å². The number of aromatic nitrogens is 1. The fraction of sp³-hybridized carbons (Fsp3) is 0.286. The molecule has 5 nitrogen and oxygen atoms in total. The first kappa shape index (κ1) is 17.5. The third-order valence-electron chi connectivity index (χ3n) is 2.89. The Morgan fingerprint density at radius 2 is 1.55 bits per heavy atom. The van der Waals surface area contributed by atoms with Gasteiger partial charge in [-0.15, -0.1) is 0 Å². The van der Waals surface area contributed by atoms with Gasteiger partial charge in [-0.3, -0.25) is 0 Å². The Kier molecular flexibility index (Phi) is 5.68. The quantitative estimate of drug-likeness (QED) is 0.486. The maximum atomic E-state index is 12.1. The highest BCUT2D eigenvalue weighted by atomic mass is 79.9. The van der Waals surface area contributed by atoms with Crippen molar-refractivity contribution in [2.45, 2.75) is 13.8 Å². The summed E-state index contributed by atoms with van der Waals surface area (Å²) in [6, 6.07) is 1.75. The molecule has 0 aliphatic carbocycles. The Morgan fingerprint density at radius 1 is 1.00 bits per heavy atom. The van der Waals surface area contributed by atoms with Crippen molar-refractivity contribution in [3.05, 3.63) is 30.9 Å². The summed E-state index contributed by atoms with van der Waals surface area (Å²) in [5, 5.41) is 1.14. The van der Waals surface area contributed by atoms with E-state index in [2.05, 4.69) is 52.8 Å². The van der Waals surface area contributed by atoms with Gasteiger partial charge in [-0.1, -0.05) is 0 Å². The minimum Gasteiger partial charge on any atom is -0.461 e. The molecule has 0 aliphatic rings. The highest BCUT2D eigenvalue weighted by Crippen LogP contribution is 2.40. The van der Waals surface area contributed by atoms with E-state index in [-0.39, 0.29) is 24.6 Å². The molecule has 1 aromatic heterocycles. The molecule has 118 valence electrons. The zero-order valence-electron chi connectivity index (χ0n) is 11.8. The summed E-state index contributed by atoms with van der Waals surface area (Å²) in [6.07, 6.45) is 0. The van der Waals surface area contributed by atoms with Gasteiger partial charge < -0.3 is 14.5 Å². The number of carbonyl (C=O) groups excluding carboxylic acids is 2. The second-order valence-corrected chi connectivity index (χ2v) is 6.67. The van der Waals surface area contributed by atoms with E-state index in [0.29, 0.717) is 15.2 Å². The van der Waals surface area contributed by atoms with Gasteiger partial charge in [0.1, 0.15) is 11.4 Å². The highest BCUT2D eigenvalue weighted by molar-refractivity contribution is 9.14. The topological polar surface area (TPSA) is 68.4 Å². The SMILES string of the molecule is CCOC(=O)c1[nH]c(C(=O)OCC)c2c(Br)c(Br)c(Br)cc12. The number of esters is 2. The van der Waals surface area contributed by atoms with Crippen molar-refractivity contribution < 1.29 is 19.1 Å². The van der Waals surface area contributed by atoms with Gasteiger partial charge in [0.25, 0.3) is 0 Å². The molecule has 0 saturated carbocycles. The molecule has 22 heavy (non-hydrogen) atoms. The van der Waals surface area contributed by atoms with E-state index in [1.165, 1.54) is 0 Å². The van der Waals surface area contributed by atoms with E-state index >= 15 is 0 Å². The number of rotatable bonds is 4. The van der Waals surface area contributed by atoms with Crippen LogP contribution in [0.2, 0.25) is 0 Å². The first-order valence-corrected chi connectivity index (χ1v) is 8.83. The molecule has 2 rings (SSSR count). The second-order valence-electron chi connectivity index (χ2n) is 4.22. The fourth-order valence-electron chi connectivity index (χ4n) is 2.01. The van der Waals surface area contributed by atoms with Gasteiger partial charge in [0.15, 0.2) is 0 Å². The lowest BCUT2D eigenvalue weighted by molar-refractivity contribution is 0.0518. The molecule has 0 spiro atoms. The molecule has 0 amide bonds. The zero-order valence-corrected chi connectivity index (χ0v) is 16.5. The Morgan fingerprint density at radius 3 is 2.09 bits per heavy atom. The predicted octanol–water partition coefficient (Wildman–Crippen LogP) is 4.81. The molecule has 0 saturated heterocycles. The normalized spacial score (nSPS) is 10.8. The van der Waals surface area contributed by atoms with Gasteiger partial charge in [0.2, 0.25) is 0 Å². The number of hydrogen-bond donors (Lipinski definition) is 1. The number of H-pyrrole nitrogens is 1. The molecular weight excluding hydrogens is 486 g/mol. The van der Waals surface area contributed by atoms with Crippen molar-refractivity contribution in [2.75, 3.05) is 13.2 Å². The second kappa shape index (κ2) is 7.14. The molecule has 1 N–H and O–H groups in total. The predicted molar refractivity (Wildman–Crippen MR) is 93.3 cm³/mol. The van der Waals surface area contributed by atoms with E-state index in [4.69, 9.17) is 9.47 Å². The van der Waals surface area contributed by atoms with Crippen LogP contribution in [-0.2, 0) is 9.47 Å². The van der Waals surface area contributed by atoms with Gasteiger partial charge in [-0.05, 0) is 67.7 Å². The molecule has 0 aliphatic heterocycles. The molecule has 0 bridgehead atoms. The van der Waals surface area contributed by atoms with Crippen LogP contribution in [0.5, 0.6) is 0 Å². The van der Waals surface area contributed by atoms with Crippen LogP contribution in [0.1, 0.15) is 34.8 Å². The van der Waals surface area contributed by atoms with Gasteiger partial charge in [-0.25, -0.2) is 9.59 Å². The Hall–Kier alpha value is -0.860. The highest BCUT2D eigenvalue weighted by Gasteiger charge is 2.25. The van der Waals surface area contributed by atoms with Crippen LogP contribution in [0, 0.1) is 0 Å². The van der Waals surface area contributed by atoms with Crippen LogP contribution in [0.4, 0.5) is 0 Å². The van der Waals surface area contributed by atoms with Gasteiger partial charge in [-0.2, -0.15) is 0 Å². The van der Waals surface area contributed by atoms with Gasteiger partial charge in [0.05, 0.1) is 13.2 Å². The number of halogens is 3. The zero-order chi connectivity index (χ0) is 16.4. The molecule has 8 heteroatoms. The van der Waals surface area contributed by atoms with Crippen LogP contribution >= 0.6 is 47.8 Å². The Labute approximate surface area is 152 Å². The number of benzene rings is 1. The number of nitrogens with one attached hydrogen (secondary N) is 1. The maximum absolute atomic E-state index is 12.1. The van der Waals surface area contributed by atoms with Crippen LogP contribution < -0.4 is 0 Å². The molecule has 0 atom stereocenters. The summed E-state index contributed by atoms with van der Waals surface area (Å²) in [4.78, 5) is 27.1. The molecule has 0 unspecified atom stereocenters. The first-order chi connectivity index (χ1) is 10.4. The number of aromatic amines is 1. The lowest BCUT2D eigenvalue weighted by atomic mass is 10.1. The number of fused-ring (bicyclic) bond motifs is 1. The minimum absolute atomic E-state index is 0.208. The molecule has 1 heterocycles. The average molecular weight is 498 g/mol.